The van der Waals surface area contributed by atoms with Crippen LogP contribution < -0.4 is 15.0 Å². The van der Waals surface area contributed by atoms with E-state index in [4.69, 9.17) is 9.47 Å². The molecule has 4 rings (SSSR count). The number of fused-ring (bicyclic) bond motifs is 2. The predicted molar refractivity (Wildman–Crippen MR) is 99.7 cm³/mol. The largest absolute Gasteiger partial charge is 0.497 e. The van der Waals surface area contributed by atoms with Crippen LogP contribution in [0.4, 0.5) is 0 Å². The maximum atomic E-state index is 12.4. The summed E-state index contributed by atoms with van der Waals surface area (Å²) in [6.07, 6.45) is 0.960. The zero-order valence-corrected chi connectivity index (χ0v) is 14.9. The standard InChI is InChI=1S/C20H21N3O3/c1-25-14-6-7-17-15(10-14)20(24)22-19(21-17)12-23-9-8-13-4-3-5-18(26-2)16(13)11-23/h3-7,10H,8-9,11-12H2,1-2H3,(H,21,22,24). The Morgan fingerprint density at radius 2 is 2.08 bits per heavy atom. The van der Waals surface area contributed by atoms with Crippen molar-refractivity contribution in [3.05, 3.63) is 63.7 Å². The Balaban J connectivity index is 1.61. The fraction of sp³-hybridized carbons (Fsp3) is 0.300. The Morgan fingerprint density at radius 1 is 1.19 bits per heavy atom. The van der Waals surface area contributed by atoms with Crippen LogP contribution in [-0.2, 0) is 19.5 Å². The Bertz CT molecular complexity index is 999. The van der Waals surface area contributed by atoms with E-state index in [1.54, 1.807) is 20.3 Å². The molecule has 0 radical (unpaired) electrons. The molecule has 0 spiro atoms. The van der Waals surface area contributed by atoms with Gasteiger partial charge in [-0.05, 0) is 36.2 Å². The first-order valence-corrected chi connectivity index (χ1v) is 8.62. The lowest BCUT2D eigenvalue weighted by molar-refractivity contribution is 0.234. The van der Waals surface area contributed by atoms with Crippen molar-refractivity contribution in [1.82, 2.24) is 14.9 Å². The van der Waals surface area contributed by atoms with Crippen molar-refractivity contribution in [3.8, 4) is 11.5 Å². The average molecular weight is 351 g/mol. The van der Waals surface area contributed by atoms with Crippen LogP contribution in [0.15, 0.2) is 41.2 Å². The number of nitrogens with one attached hydrogen (secondary N) is 1. The van der Waals surface area contributed by atoms with Gasteiger partial charge in [0.05, 0.1) is 31.7 Å². The molecule has 0 aliphatic carbocycles. The minimum Gasteiger partial charge on any atom is -0.497 e. The van der Waals surface area contributed by atoms with Crippen molar-refractivity contribution in [2.24, 2.45) is 0 Å². The second-order valence-electron chi connectivity index (χ2n) is 6.45. The lowest BCUT2D eigenvalue weighted by Gasteiger charge is -2.29. The summed E-state index contributed by atoms with van der Waals surface area (Å²) in [5.74, 6) is 2.24. The zero-order valence-electron chi connectivity index (χ0n) is 14.9. The van der Waals surface area contributed by atoms with E-state index in [0.717, 1.165) is 25.3 Å². The van der Waals surface area contributed by atoms with E-state index in [0.29, 0.717) is 29.0 Å². The number of hydrogen-bond donors (Lipinski definition) is 1. The van der Waals surface area contributed by atoms with Gasteiger partial charge in [0.2, 0.25) is 0 Å². The van der Waals surface area contributed by atoms with E-state index in [-0.39, 0.29) is 5.56 Å². The molecule has 3 aromatic rings. The van der Waals surface area contributed by atoms with Crippen LogP contribution in [0.1, 0.15) is 17.0 Å². The highest BCUT2D eigenvalue weighted by molar-refractivity contribution is 5.79. The second-order valence-corrected chi connectivity index (χ2v) is 6.45. The molecule has 6 nitrogen and oxygen atoms in total. The molecule has 0 atom stereocenters. The van der Waals surface area contributed by atoms with E-state index >= 15 is 0 Å². The van der Waals surface area contributed by atoms with Crippen molar-refractivity contribution in [1.29, 1.82) is 0 Å². The third-order valence-corrected chi connectivity index (χ3v) is 4.86. The van der Waals surface area contributed by atoms with E-state index in [1.165, 1.54) is 11.1 Å². The normalized spacial score (nSPS) is 14.2. The molecule has 0 unspecified atom stereocenters. The molecule has 0 saturated carbocycles. The fourth-order valence-corrected chi connectivity index (χ4v) is 3.51. The Labute approximate surface area is 151 Å². The summed E-state index contributed by atoms with van der Waals surface area (Å²) in [7, 11) is 3.28. The number of aromatic amines is 1. The van der Waals surface area contributed by atoms with Gasteiger partial charge in [0, 0.05) is 18.7 Å². The molecule has 26 heavy (non-hydrogen) atoms. The molecule has 1 N–H and O–H groups in total. The van der Waals surface area contributed by atoms with Crippen LogP contribution in [0.2, 0.25) is 0 Å². The predicted octanol–water partition coefficient (Wildman–Crippen LogP) is 2.50. The molecule has 2 heterocycles. The fourth-order valence-electron chi connectivity index (χ4n) is 3.51. The van der Waals surface area contributed by atoms with Crippen LogP contribution in [0.3, 0.4) is 0 Å². The van der Waals surface area contributed by atoms with Gasteiger partial charge in [-0.15, -0.1) is 0 Å². The maximum Gasteiger partial charge on any atom is 0.258 e. The first kappa shape index (κ1) is 16.6. The van der Waals surface area contributed by atoms with Gasteiger partial charge < -0.3 is 14.5 Å². The summed E-state index contributed by atoms with van der Waals surface area (Å²) in [5.41, 5.74) is 3.08. The summed E-state index contributed by atoms with van der Waals surface area (Å²) in [6, 6.07) is 11.5. The van der Waals surface area contributed by atoms with Crippen molar-refractivity contribution in [2.45, 2.75) is 19.5 Å². The van der Waals surface area contributed by atoms with Gasteiger partial charge in [-0.2, -0.15) is 0 Å². The van der Waals surface area contributed by atoms with E-state index in [9.17, 15) is 4.79 Å². The highest BCUT2D eigenvalue weighted by Gasteiger charge is 2.20. The van der Waals surface area contributed by atoms with Crippen LogP contribution in [0.5, 0.6) is 11.5 Å². The zero-order chi connectivity index (χ0) is 18.1. The van der Waals surface area contributed by atoms with Crippen LogP contribution in [-0.4, -0.2) is 35.6 Å². The number of aromatic nitrogens is 2. The first-order chi connectivity index (χ1) is 12.7. The van der Waals surface area contributed by atoms with E-state index < -0.39 is 0 Å². The second kappa shape index (κ2) is 6.80. The number of ether oxygens (including phenoxy) is 2. The molecule has 0 fully saturated rings. The number of hydrogen-bond acceptors (Lipinski definition) is 5. The summed E-state index contributed by atoms with van der Waals surface area (Å²) in [4.78, 5) is 22.2. The molecular weight excluding hydrogens is 330 g/mol. The number of benzene rings is 2. The van der Waals surface area contributed by atoms with Crippen LogP contribution >= 0.6 is 0 Å². The van der Waals surface area contributed by atoms with Gasteiger partial charge in [-0.1, -0.05) is 12.1 Å². The quantitative estimate of drug-likeness (QED) is 0.782. The Hall–Kier alpha value is -2.86. The highest BCUT2D eigenvalue weighted by atomic mass is 16.5. The SMILES string of the molecule is COc1ccc2nc(CN3CCc4cccc(OC)c4C3)[nH]c(=O)c2c1. The summed E-state index contributed by atoms with van der Waals surface area (Å²) >= 11 is 0. The number of H-pyrrole nitrogens is 1. The molecule has 1 aliphatic heterocycles. The van der Waals surface area contributed by atoms with Crippen molar-refractivity contribution in [3.63, 3.8) is 0 Å². The van der Waals surface area contributed by atoms with E-state index in [1.807, 2.05) is 24.3 Å². The number of rotatable bonds is 4. The molecule has 1 aliphatic rings. The summed E-state index contributed by atoms with van der Waals surface area (Å²) < 4.78 is 10.7. The molecule has 2 aromatic carbocycles. The number of methoxy groups -OCH3 is 2. The molecule has 134 valence electrons. The smallest absolute Gasteiger partial charge is 0.258 e. The third kappa shape index (κ3) is 3.04. The molecule has 0 saturated heterocycles. The van der Waals surface area contributed by atoms with Gasteiger partial charge in [0.15, 0.2) is 0 Å². The molecule has 0 bridgehead atoms. The first-order valence-electron chi connectivity index (χ1n) is 8.62. The molecule has 0 amide bonds. The minimum atomic E-state index is -0.140. The maximum absolute atomic E-state index is 12.4. The van der Waals surface area contributed by atoms with Gasteiger partial charge in [0.1, 0.15) is 17.3 Å². The van der Waals surface area contributed by atoms with Gasteiger partial charge >= 0.3 is 0 Å². The highest BCUT2D eigenvalue weighted by Crippen LogP contribution is 2.28. The van der Waals surface area contributed by atoms with Crippen LogP contribution in [0, 0.1) is 0 Å². The molecular formula is C20H21N3O3. The van der Waals surface area contributed by atoms with Gasteiger partial charge in [-0.25, -0.2) is 4.98 Å². The molecule has 1 aromatic heterocycles. The van der Waals surface area contributed by atoms with Crippen molar-refractivity contribution < 1.29 is 9.47 Å². The lowest BCUT2D eigenvalue weighted by atomic mass is 9.99. The lowest BCUT2D eigenvalue weighted by Crippen LogP contribution is -2.31. The van der Waals surface area contributed by atoms with Crippen molar-refractivity contribution >= 4 is 10.9 Å². The van der Waals surface area contributed by atoms with Gasteiger partial charge in [-0.3, -0.25) is 9.69 Å². The Kier molecular flexibility index (Phi) is 4.34. The van der Waals surface area contributed by atoms with Gasteiger partial charge in [0.25, 0.3) is 5.56 Å². The monoisotopic (exact) mass is 351 g/mol. The van der Waals surface area contributed by atoms with E-state index in [2.05, 4.69) is 20.9 Å². The number of nitrogens with zero attached hydrogens (tertiary/aromatic N) is 2. The van der Waals surface area contributed by atoms with Crippen LogP contribution in [0.25, 0.3) is 10.9 Å². The average Bonchev–Trinajstić information content (AvgIpc) is 2.67. The topological polar surface area (TPSA) is 67.5 Å². The third-order valence-electron chi connectivity index (χ3n) is 4.86. The van der Waals surface area contributed by atoms with Crippen molar-refractivity contribution in [2.75, 3.05) is 20.8 Å². The summed E-state index contributed by atoms with van der Waals surface area (Å²) in [6.45, 7) is 2.29. The summed E-state index contributed by atoms with van der Waals surface area (Å²) in [5, 5.41) is 0.541. The minimum absolute atomic E-state index is 0.140. The Morgan fingerprint density at radius 3 is 2.88 bits per heavy atom. The molecule has 6 heteroatoms.